The van der Waals surface area contributed by atoms with Crippen molar-refractivity contribution in [2.24, 2.45) is 5.92 Å². The second kappa shape index (κ2) is 5.93. The number of carbonyl (C=O) groups is 2. The first-order chi connectivity index (χ1) is 8.82. The van der Waals surface area contributed by atoms with Crippen LogP contribution in [0.5, 0.6) is 0 Å². The van der Waals surface area contributed by atoms with E-state index in [0.29, 0.717) is 18.8 Å². The normalized spacial score (nSPS) is 29.6. The number of carbonyl (C=O) groups excluding carboxylic acids is 2. The van der Waals surface area contributed by atoms with Crippen molar-refractivity contribution in [2.75, 3.05) is 0 Å². The summed E-state index contributed by atoms with van der Waals surface area (Å²) in [6.45, 7) is 12.1. The van der Waals surface area contributed by atoms with Gasteiger partial charge >= 0.3 is 0 Å². The molecule has 0 spiro atoms. The van der Waals surface area contributed by atoms with Gasteiger partial charge in [0.25, 0.3) is 0 Å². The first kappa shape index (κ1) is 16.0. The lowest BCUT2D eigenvalue weighted by atomic mass is 9.87. The summed E-state index contributed by atoms with van der Waals surface area (Å²) < 4.78 is 0. The smallest absolute Gasteiger partial charge is 0.248 e. The first-order valence-corrected chi connectivity index (χ1v) is 7.47. The molecule has 4 heteroatoms. The van der Waals surface area contributed by atoms with Crippen molar-refractivity contribution < 1.29 is 9.59 Å². The molecule has 1 rings (SSSR count). The van der Waals surface area contributed by atoms with Gasteiger partial charge in [-0.15, -0.1) is 0 Å². The number of nitrogens with one attached hydrogen (secondary N) is 1. The largest absolute Gasteiger partial charge is 0.340 e. The molecule has 3 atom stereocenters. The van der Waals surface area contributed by atoms with E-state index in [1.54, 1.807) is 0 Å². The van der Waals surface area contributed by atoms with Crippen molar-refractivity contribution in [3.63, 3.8) is 0 Å². The van der Waals surface area contributed by atoms with Crippen LogP contribution < -0.4 is 5.32 Å². The second-order valence-corrected chi connectivity index (χ2v) is 6.03. The van der Waals surface area contributed by atoms with Gasteiger partial charge in [0.15, 0.2) is 0 Å². The predicted octanol–water partition coefficient (Wildman–Crippen LogP) is 2.33. The average Bonchev–Trinajstić information content (AvgIpc) is 2.35. The molecule has 1 N–H and O–H groups in total. The molecule has 110 valence electrons. The summed E-state index contributed by atoms with van der Waals surface area (Å²) in [5.74, 6) is 0.419. The van der Waals surface area contributed by atoms with E-state index in [2.05, 4.69) is 26.1 Å². The Labute approximate surface area is 116 Å². The van der Waals surface area contributed by atoms with Gasteiger partial charge in [-0.2, -0.15) is 0 Å². The van der Waals surface area contributed by atoms with E-state index in [9.17, 15) is 9.59 Å². The molecule has 0 aromatic heterocycles. The number of nitrogens with zero attached hydrogens (tertiary/aromatic N) is 1. The van der Waals surface area contributed by atoms with Crippen LogP contribution >= 0.6 is 0 Å². The third-order valence-corrected chi connectivity index (χ3v) is 4.38. The highest BCUT2D eigenvalue weighted by Gasteiger charge is 2.48. The molecular weight excluding hydrogens is 240 g/mol. The Hall–Kier alpha value is -1.06. The van der Waals surface area contributed by atoms with E-state index in [4.69, 9.17) is 0 Å². The Kier molecular flexibility index (Phi) is 4.99. The monoisotopic (exact) mass is 268 g/mol. The van der Waals surface area contributed by atoms with Gasteiger partial charge in [-0.05, 0) is 32.1 Å². The van der Waals surface area contributed by atoms with Crippen molar-refractivity contribution in [3.8, 4) is 0 Å². The van der Waals surface area contributed by atoms with Gasteiger partial charge in [-0.25, -0.2) is 0 Å². The molecule has 0 aliphatic carbocycles. The SMILES string of the molecule is CCC1C(=O)NC(C)(CC)C(=O)N1C(CC)C(C)C. The van der Waals surface area contributed by atoms with Crippen LogP contribution in [-0.2, 0) is 9.59 Å². The van der Waals surface area contributed by atoms with E-state index >= 15 is 0 Å². The molecule has 0 radical (unpaired) electrons. The summed E-state index contributed by atoms with van der Waals surface area (Å²) in [5, 5.41) is 2.91. The maximum absolute atomic E-state index is 12.8. The zero-order chi connectivity index (χ0) is 14.8. The van der Waals surface area contributed by atoms with Crippen LogP contribution in [-0.4, -0.2) is 34.3 Å². The highest BCUT2D eigenvalue weighted by Crippen LogP contribution is 2.28. The summed E-state index contributed by atoms with van der Waals surface area (Å²) in [6.07, 6.45) is 2.17. The number of piperazine rings is 1. The minimum absolute atomic E-state index is 0.00875. The van der Waals surface area contributed by atoms with Crippen LogP contribution in [0, 0.1) is 5.92 Å². The van der Waals surface area contributed by atoms with E-state index in [0.717, 1.165) is 6.42 Å². The highest BCUT2D eigenvalue weighted by molar-refractivity contribution is 5.99. The van der Waals surface area contributed by atoms with Crippen molar-refractivity contribution in [1.29, 1.82) is 0 Å². The molecule has 4 nitrogen and oxygen atoms in total. The van der Waals surface area contributed by atoms with Crippen molar-refractivity contribution in [2.45, 2.75) is 78.4 Å². The number of hydrogen-bond donors (Lipinski definition) is 1. The topological polar surface area (TPSA) is 49.4 Å². The van der Waals surface area contributed by atoms with Gasteiger partial charge in [-0.1, -0.05) is 34.6 Å². The molecule has 1 aliphatic heterocycles. The summed E-state index contributed by atoms with van der Waals surface area (Å²) in [5.41, 5.74) is -0.745. The fraction of sp³-hybridized carbons (Fsp3) is 0.867. The molecule has 3 unspecified atom stereocenters. The molecule has 19 heavy (non-hydrogen) atoms. The minimum Gasteiger partial charge on any atom is -0.340 e. The van der Waals surface area contributed by atoms with E-state index in [1.165, 1.54) is 0 Å². The fourth-order valence-corrected chi connectivity index (χ4v) is 2.95. The Balaban J connectivity index is 3.19. The van der Waals surface area contributed by atoms with Crippen LogP contribution in [0.4, 0.5) is 0 Å². The van der Waals surface area contributed by atoms with Crippen LogP contribution in [0.1, 0.15) is 60.8 Å². The second-order valence-electron chi connectivity index (χ2n) is 6.03. The highest BCUT2D eigenvalue weighted by atomic mass is 16.2. The zero-order valence-electron chi connectivity index (χ0n) is 13.1. The average molecular weight is 268 g/mol. The lowest BCUT2D eigenvalue weighted by Gasteiger charge is -2.48. The van der Waals surface area contributed by atoms with Gasteiger partial charge in [0.2, 0.25) is 11.8 Å². The Bertz CT molecular complexity index is 354. The van der Waals surface area contributed by atoms with E-state index < -0.39 is 5.54 Å². The summed E-state index contributed by atoms with van der Waals surface area (Å²) in [6, 6.07) is -0.186. The quantitative estimate of drug-likeness (QED) is 0.832. The molecule has 1 heterocycles. The van der Waals surface area contributed by atoms with E-state index in [1.807, 2.05) is 25.7 Å². The molecule has 2 amide bonds. The third-order valence-electron chi connectivity index (χ3n) is 4.38. The lowest BCUT2D eigenvalue weighted by Crippen LogP contribution is -2.71. The molecule has 1 aliphatic rings. The Morgan fingerprint density at radius 3 is 2.21 bits per heavy atom. The predicted molar refractivity (Wildman–Crippen MR) is 76.7 cm³/mol. The Morgan fingerprint density at radius 1 is 1.26 bits per heavy atom. The van der Waals surface area contributed by atoms with Crippen molar-refractivity contribution in [3.05, 3.63) is 0 Å². The molecule has 1 saturated heterocycles. The molecule has 0 aromatic carbocycles. The maximum atomic E-state index is 12.8. The van der Waals surface area contributed by atoms with Gasteiger partial charge in [0, 0.05) is 6.04 Å². The van der Waals surface area contributed by atoms with Crippen molar-refractivity contribution in [1.82, 2.24) is 10.2 Å². The number of amides is 2. The van der Waals surface area contributed by atoms with Crippen LogP contribution in [0.25, 0.3) is 0 Å². The van der Waals surface area contributed by atoms with Gasteiger partial charge < -0.3 is 10.2 Å². The van der Waals surface area contributed by atoms with Crippen LogP contribution in [0.15, 0.2) is 0 Å². The summed E-state index contributed by atoms with van der Waals surface area (Å²) in [4.78, 5) is 27.0. The Morgan fingerprint density at radius 2 is 1.84 bits per heavy atom. The van der Waals surface area contributed by atoms with E-state index in [-0.39, 0.29) is 23.9 Å². The molecule has 0 aromatic rings. The van der Waals surface area contributed by atoms with Crippen molar-refractivity contribution >= 4 is 11.8 Å². The van der Waals surface area contributed by atoms with Gasteiger partial charge in [0.05, 0.1) is 0 Å². The fourth-order valence-electron chi connectivity index (χ4n) is 2.95. The van der Waals surface area contributed by atoms with Crippen LogP contribution in [0.3, 0.4) is 0 Å². The number of rotatable bonds is 5. The third kappa shape index (κ3) is 2.77. The molecule has 1 fully saturated rings. The maximum Gasteiger partial charge on any atom is 0.248 e. The van der Waals surface area contributed by atoms with Gasteiger partial charge in [-0.3, -0.25) is 9.59 Å². The lowest BCUT2D eigenvalue weighted by molar-refractivity contribution is -0.158. The van der Waals surface area contributed by atoms with Crippen LogP contribution in [0.2, 0.25) is 0 Å². The first-order valence-electron chi connectivity index (χ1n) is 7.47. The van der Waals surface area contributed by atoms with Gasteiger partial charge in [0.1, 0.15) is 11.6 Å². The molecule has 0 bridgehead atoms. The summed E-state index contributed by atoms with van der Waals surface area (Å²) >= 11 is 0. The summed E-state index contributed by atoms with van der Waals surface area (Å²) in [7, 11) is 0. The molecular formula is C15H28N2O2. The zero-order valence-corrected chi connectivity index (χ0v) is 13.1. The number of hydrogen-bond acceptors (Lipinski definition) is 2. The molecule has 0 saturated carbocycles. The standard InChI is InChI=1S/C15H28N2O2/c1-7-11(10(4)5)17-12(8-2)13(18)16-15(6,9-3)14(17)19/h10-12H,7-9H2,1-6H3,(H,16,18). The minimum atomic E-state index is -0.745.